The van der Waals surface area contributed by atoms with Gasteiger partial charge in [-0.2, -0.15) is 5.26 Å². The third-order valence-electron chi connectivity index (χ3n) is 4.54. The van der Waals surface area contributed by atoms with Crippen LogP contribution in [0.25, 0.3) is 11.5 Å². The van der Waals surface area contributed by atoms with Crippen LogP contribution < -0.4 is 10.6 Å². The predicted molar refractivity (Wildman–Crippen MR) is 103 cm³/mol. The first-order valence-corrected chi connectivity index (χ1v) is 9.35. The molecule has 3 aromatic rings. The van der Waals surface area contributed by atoms with Gasteiger partial charge in [0.2, 0.25) is 0 Å². The van der Waals surface area contributed by atoms with E-state index in [1.807, 2.05) is 24.3 Å². The number of aryl methyl sites for hydroxylation is 1. The SMILES string of the molecule is CCc1cc(N2CCc3c(sc(N)c3C#N)C2)nc(-c2ccccn2)n1. The lowest BCUT2D eigenvalue weighted by Gasteiger charge is -2.28. The van der Waals surface area contributed by atoms with Gasteiger partial charge in [0, 0.05) is 29.4 Å². The van der Waals surface area contributed by atoms with Crippen LogP contribution in [-0.4, -0.2) is 21.5 Å². The summed E-state index contributed by atoms with van der Waals surface area (Å²) in [5.41, 5.74) is 9.51. The van der Waals surface area contributed by atoms with Crippen LogP contribution in [0.1, 0.15) is 28.6 Å². The molecule has 4 heterocycles. The number of fused-ring (bicyclic) bond motifs is 1. The molecule has 1 aliphatic rings. The Morgan fingerprint density at radius 1 is 1.35 bits per heavy atom. The number of nitriles is 1. The molecule has 7 heteroatoms. The first-order chi connectivity index (χ1) is 12.7. The van der Waals surface area contributed by atoms with Gasteiger partial charge < -0.3 is 10.6 Å². The highest BCUT2D eigenvalue weighted by Gasteiger charge is 2.25. The topological polar surface area (TPSA) is 91.7 Å². The highest BCUT2D eigenvalue weighted by atomic mass is 32.1. The Hall–Kier alpha value is -2.98. The number of rotatable bonds is 3. The van der Waals surface area contributed by atoms with Gasteiger partial charge in [-0.25, -0.2) is 9.97 Å². The Labute approximate surface area is 156 Å². The number of thiophene rings is 1. The van der Waals surface area contributed by atoms with Crippen LogP contribution >= 0.6 is 11.3 Å². The van der Waals surface area contributed by atoms with E-state index in [0.717, 1.165) is 47.0 Å². The van der Waals surface area contributed by atoms with Crippen LogP contribution in [0.3, 0.4) is 0 Å². The lowest BCUT2D eigenvalue weighted by Crippen LogP contribution is -2.30. The maximum Gasteiger partial charge on any atom is 0.180 e. The fraction of sp³-hybridized carbons (Fsp3) is 0.263. The van der Waals surface area contributed by atoms with Crippen molar-refractivity contribution in [1.29, 1.82) is 5.26 Å². The minimum absolute atomic E-state index is 0.616. The van der Waals surface area contributed by atoms with E-state index in [0.29, 0.717) is 22.9 Å². The second-order valence-electron chi connectivity index (χ2n) is 6.14. The van der Waals surface area contributed by atoms with Gasteiger partial charge in [0.15, 0.2) is 5.82 Å². The molecule has 0 saturated carbocycles. The highest BCUT2D eigenvalue weighted by Crippen LogP contribution is 2.36. The van der Waals surface area contributed by atoms with Gasteiger partial charge in [0.1, 0.15) is 22.6 Å². The summed E-state index contributed by atoms with van der Waals surface area (Å²) in [5.74, 6) is 1.54. The van der Waals surface area contributed by atoms with E-state index < -0.39 is 0 Å². The fourth-order valence-electron chi connectivity index (χ4n) is 3.18. The van der Waals surface area contributed by atoms with Crippen LogP contribution in [0.2, 0.25) is 0 Å². The minimum Gasteiger partial charge on any atom is -0.389 e. The monoisotopic (exact) mass is 362 g/mol. The number of hydrogen-bond acceptors (Lipinski definition) is 7. The van der Waals surface area contributed by atoms with Gasteiger partial charge in [0.25, 0.3) is 0 Å². The molecule has 0 amide bonds. The normalized spacial score (nSPS) is 13.3. The largest absolute Gasteiger partial charge is 0.389 e. The minimum atomic E-state index is 0.616. The van der Waals surface area contributed by atoms with E-state index in [2.05, 4.69) is 27.9 Å². The number of pyridine rings is 1. The van der Waals surface area contributed by atoms with Gasteiger partial charge in [-0.15, -0.1) is 11.3 Å². The molecule has 26 heavy (non-hydrogen) atoms. The molecular formula is C19H18N6S. The molecule has 0 aliphatic carbocycles. The van der Waals surface area contributed by atoms with E-state index in [9.17, 15) is 5.26 Å². The summed E-state index contributed by atoms with van der Waals surface area (Å²) in [6.07, 6.45) is 3.39. The first kappa shape index (κ1) is 16.5. The number of aromatic nitrogens is 3. The van der Waals surface area contributed by atoms with Gasteiger partial charge in [-0.05, 0) is 30.5 Å². The van der Waals surface area contributed by atoms with Crippen LogP contribution in [0.4, 0.5) is 10.8 Å². The van der Waals surface area contributed by atoms with E-state index >= 15 is 0 Å². The molecule has 0 radical (unpaired) electrons. The molecule has 2 N–H and O–H groups in total. The maximum absolute atomic E-state index is 9.31. The summed E-state index contributed by atoms with van der Waals surface area (Å²) < 4.78 is 0. The number of nitrogens with two attached hydrogens (primary N) is 1. The molecule has 0 aromatic carbocycles. The van der Waals surface area contributed by atoms with Crippen molar-refractivity contribution in [2.24, 2.45) is 0 Å². The zero-order valence-corrected chi connectivity index (χ0v) is 15.3. The van der Waals surface area contributed by atoms with Crippen LogP contribution in [0, 0.1) is 11.3 Å². The zero-order chi connectivity index (χ0) is 18.1. The smallest absolute Gasteiger partial charge is 0.180 e. The quantitative estimate of drug-likeness (QED) is 0.769. The average molecular weight is 362 g/mol. The molecule has 1 aliphatic heterocycles. The molecular weight excluding hydrogens is 344 g/mol. The number of anilines is 2. The summed E-state index contributed by atoms with van der Waals surface area (Å²) >= 11 is 1.51. The molecule has 0 unspecified atom stereocenters. The second-order valence-corrected chi connectivity index (χ2v) is 7.27. The molecule has 130 valence electrons. The van der Waals surface area contributed by atoms with E-state index in [4.69, 9.17) is 10.7 Å². The fourth-order valence-corrected chi connectivity index (χ4v) is 4.26. The van der Waals surface area contributed by atoms with Crippen LogP contribution in [0.15, 0.2) is 30.5 Å². The summed E-state index contributed by atoms with van der Waals surface area (Å²) in [7, 11) is 0. The van der Waals surface area contributed by atoms with Crippen molar-refractivity contribution < 1.29 is 0 Å². The van der Waals surface area contributed by atoms with Crippen LogP contribution in [0.5, 0.6) is 0 Å². The summed E-state index contributed by atoms with van der Waals surface area (Å²) in [6, 6.07) is 10.0. The zero-order valence-electron chi connectivity index (χ0n) is 14.4. The van der Waals surface area contributed by atoms with E-state index in [1.54, 1.807) is 6.20 Å². The molecule has 6 nitrogen and oxygen atoms in total. The van der Waals surface area contributed by atoms with Gasteiger partial charge in [-0.3, -0.25) is 4.98 Å². The molecule has 4 rings (SSSR count). The molecule has 0 saturated heterocycles. The molecule has 0 fully saturated rings. The Morgan fingerprint density at radius 3 is 2.96 bits per heavy atom. The maximum atomic E-state index is 9.31. The van der Waals surface area contributed by atoms with Crippen molar-refractivity contribution in [3.05, 3.63) is 52.2 Å². The summed E-state index contributed by atoms with van der Waals surface area (Å²) in [6.45, 7) is 3.61. The Bertz CT molecular complexity index is 989. The predicted octanol–water partition coefficient (Wildman–Crippen LogP) is 3.18. The Balaban J connectivity index is 1.71. The van der Waals surface area contributed by atoms with Crippen molar-refractivity contribution >= 4 is 22.2 Å². The lowest BCUT2D eigenvalue weighted by molar-refractivity contribution is 0.729. The highest BCUT2D eigenvalue weighted by molar-refractivity contribution is 7.16. The lowest BCUT2D eigenvalue weighted by atomic mass is 10.0. The van der Waals surface area contributed by atoms with Gasteiger partial charge >= 0.3 is 0 Å². The molecule has 0 atom stereocenters. The standard InChI is InChI=1S/C19H18N6S/c1-2-12-9-17(24-19(23-12)15-5-3-4-7-22-15)25-8-6-13-14(10-20)18(21)26-16(13)11-25/h3-5,7,9H,2,6,8,11,21H2,1H3. The third kappa shape index (κ3) is 2.89. The van der Waals surface area contributed by atoms with Crippen LogP contribution in [-0.2, 0) is 19.4 Å². The van der Waals surface area contributed by atoms with Gasteiger partial charge in [0.05, 0.1) is 12.1 Å². The van der Waals surface area contributed by atoms with Crippen molar-refractivity contribution in [2.75, 3.05) is 17.2 Å². The van der Waals surface area contributed by atoms with Crippen molar-refractivity contribution in [2.45, 2.75) is 26.3 Å². The summed E-state index contributed by atoms with van der Waals surface area (Å²) in [4.78, 5) is 17.2. The average Bonchev–Trinajstić information content (AvgIpc) is 3.02. The second kappa shape index (κ2) is 6.73. The van der Waals surface area contributed by atoms with Crippen molar-refractivity contribution in [1.82, 2.24) is 15.0 Å². The van der Waals surface area contributed by atoms with Crippen molar-refractivity contribution in [3.63, 3.8) is 0 Å². The number of hydrogen-bond donors (Lipinski definition) is 1. The van der Waals surface area contributed by atoms with E-state index in [-0.39, 0.29) is 0 Å². The molecule has 0 bridgehead atoms. The number of nitrogens with zero attached hydrogens (tertiary/aromatic N) is 5. The first-order valence-electron chi connectivity index (χ1n) is 8.54. The Kier molecular flexibility index (Phi) is 4.27. The molecule has 3 aromatic heterocycles. The Morgan fingerprint density at radius 2 is 2.23 bits per heavy atom. The van der Waals surface area contributed by atoms with Crippen molar-refractivity contribution in [3.8, 4) is 17.6 Å². The summed E-state index contributed by atoms with van der Waals surface area (Å²) in [5, 5.41) is 9.93. The molecule has 0 spiro atoms. The van der Waals surface area contributed by atoms with Gasteiger partial charge in [-0.1, -0.05) is 13.0 Å². The third-order valence-corrected chi connectivity index (χ3v) is 5.59. The van der Waals surface area contributed by atoms with E-state index in [1.165, 1.54) is 11.3 Å². The number of nitrogen functional groups attached to an aromatic ring is 1.